The van der Waals surface area contributed by atoms with Gasteiger partial charge in [0.2, 0.25) is 0 Å². The number of allylic oxidation sites excluding steroid dienone is 4. The summed E-state index contributed by atoms with van der Waals surface area (Å²) in [6.45, 7) is 19.1. The molecule has 0 unspecified atom stereocenters. The highest BCUT2D eigenvalue weighted by Gasteiger charge is 2.23. The first kappa shape index (κ1) is 13.2. The summed E-state index contributed by atoms with van der Waals surface area (Å²) in [7, 11) is 0. The summed E-state index contributed by atoms with van der Waals surface area (Å²) in [5.41, 5.74) is 2.51. The Kier molecular flexibility index (Phi) is 4.90. The maximum Gasteiger partial charge on any atom is -0.00864 e. The molecule has 0 spiro atoms. The molecule has 0 saturated heterocycles. The molecule has 0 aliphatic heterocycles. The van der Waals surface area contributed by atoms with Crippen molar-refractivity contribution in [3.8, 4) is 0 Å². The second-order valence-corrected chi connectivity index (χ2v) is 4.75. The monoisotopic (exact) mass is 192 g/mol. The van der Waals surface area contributed by atoms with E-state index in [1.807, 2.05) is 0 Å². The Morgan fingerprint density at radius 2 is 1.71 bits per heavy atom. The second kappa shape index (κ2) is 5.19. The van der Waals surface area contributed by atoms with Crippen LogP contribution in [0.4, 0.5) is 0 Å². The molecule has 0 aromatic carbocycles. The van der Waals surface area contributed by atoms with Gasteiger partial charge in [0, 0.05) is 0 Å². The van der Waals surface area contributed by atoms with Gasteiger partial charge in [-0.25, -0.2) is 0 Å². The largest absolute Gasteiger partial charge is 0.0958 e. The number of hydrogen-bond donors (Lipinski definition) is 0. The predicted molar refractivity (Wildman–Crippen MR) is 66.3 cm³/mol. The van der Waals surface area contributed by atoms with Crippen molar-refractivity contribution in [1.82, 2.24) is 0 Å². The standard InChI is InChI=1S/C14H24/c1-8-12(4)9-10-13(5)14(6,7)11(2)3/h9-11H,4-5,8H2,1-3,6-7H3/b10-9-. The van der Waals surface area contributed by atoms with Gasteiger partial charge in [-0.05, 0) is 23.3 Å². The fourth-order valence-electron chi connectivity index (χ4n) is 0.922. The number of rotatable bonds is 5. The Labute approximate surface area is 89.4 Å². The van der Waals surface area contributed by atoms with Crippen LogP contribution in [-0.4, -0.2) is 0 Å². The van der Waals surface area contributed by atoms with Gasteiger partial charge in [-0.2, -0.15) is 0 Å². The lowest BCUT2D eigenvalue weighted by Crippen LogP contribution is -2.20. The van der Waals surface area contributed by atoms with Crippen molar-refractivity contribution in [3.63, 3.8) is 0 Å². The van der Waals surface area contributed by atoms with Gasteiger partial charge >= 0.3 is 0 Å². The summed E-state index contributed by atoms with van der Waals surface area (Å²) in [5, 5.41) is 0. The molecule has 0 fully saturated rings. The van der Waals surface area contributed by atoms with E-state index < -0.39 is 0 Å². The first-order valence-electron chi connectivity index (χ1n) is 5.37. The van der Waals surface area contributed by atoms with E-state index in [0.717, 1.165) is 12.0 Å². The topological polar surface area (TPSA) is 0 Å². The highest BCUT2D eigenvalue weighted by molar-refractivity contribution is 5.28. The molecule has 0 aliphatic carbocycles. The predicted octanol–water partition coefficient (Wildman–Crippen LogP) is 4.75. The highest BCUT2D eigenvalue weighted by atomic mass is 14.3. The Hall–Kier alpha value is -0.780. The van der Waals surface area contributed by atoms with Crippen LogP contribution < -0.4 is 0 Å². The van der Waals surface area contributed by atoms with Crippen molar-refractivity contribution in [2.24, 2.45) is 11.3 Å². The minimum Gasteiger partial charge on any atom is -0.0958 e. The summed E-state index contributed by atoms with van der Waals surface area (Å²) in [4.78, 5) is 0. The van der Waals surface area contributed by atoms with Crippen LogP contribution in [0.5, 0.6) is 0 Å². The van der Waals surface area contributed by atoms with Crippen LogP contribution in [0.15, 0.2) is 36.5 Å². The molecule has 0 saturated carbocycles. The second-order valence-electron chi connectivity index (χ2n) is 4.75. The molecule has 0 heterocycles. The van der Waals surface area contributed by atoms with Crippen LogP contribution in [0.1, 0.15) is 41.0 Å². The Bertz CT molecular complexity index is 239. The minimum absolute atomic E-state index is 0.171. The van der Waals surface area contributed by atoms with Crippen LogP contribution in [-0.2, 0) is 0 Å². The quantitative estimate of drug-likeness (QED) is 0.551. The van der Waals surface area contributed by atoms with Crippen molar-refractivity contribution in [2.75, 3.05) is 0 Å². The van der Waals surface area contributed by atoms with E-state index in [1.54, 1.807) is 0 Å². The van der Waals surface area contributed by atoms with E-state index in [-0.39, 0.29) is 5.41 Å². The van der Waals surface area contributed by atoms with Crippen molar-refractivity contribution in [3.05, 3.63) is 36.5 Å². The average molecular weight is 192 g/mol. The normalized spacial score (nSPS) is 12.4. The van der Waals surface area contributed by atoms with Crippen LogP contribution >= 0.6 is 0 Å². The van der Waals surface area contributed by atoms with Crippen molar-refractivity contribution >= 4 is 0 Å². The Morgan fingerprint density at radius 3 is 2.07 bits per heavy atom. The maximum absolute atomic E-state index is 4.13. The third-order valence-electron chi connectivity index (χ3n) is 3.25. The average Bonchev–Trinajstić information content (AvgIpc) is 2.12. The lowest BCUT2D eigenvalue weighted by molar-refractivity contribution is 0.318. The summed E-state index contributed by atoms with van der Waals surface area (Å²) in [6.07, 6.45) is 5.18. The fraction of sp³-hybridized carbons (Fsp3) is 0.571. The van der Waals surface area contributed by atoms with Gasteiger partial charge in [0.05, 0.1) is 0 Å². The lowest BCUT2D eigenvalue weighted by atomic mass is 9.75. The van der Waals surface area contributed by atoms with Crippen molar-refractivity contribution in [1.29, 1.82) is 0 Å². The highest BCUT2D eigenvalue weighted by Crippen LogP contribution is 2.34. The van der Waals surface area contributed by atoms with Crippen LogP contribution in [0, 0.1) is 11.3 Å². The molecule has 0 bridgehead atoms. The van der Waals surface area contributed by atoms with E-state index in [4.69, 9.17) is 0 Å². The van der Waals surface area contributed by atoms with E-state index in [0.29, 0.717) is 5.92 Å². The molecule has 80 valence electrons. The summed E-state index contributed by atoms with van der Waals surface area (Å²) < 4.78 is 0. The van der Waals surface area contributed by atoms with E-state index in [1.165, 1.54) is 5.57 Å². The molecule has 0 aromatic heterocycles. The molecule has 0 radical (unpaired) electrons. The molecule has 0 nitrogen and oxygen atoms in total. The molecular weight excluding hydrogens is 168 g/mol. The minimum atomic E-state index is 0.171. The zero-order chi connectivity index (χ0) is 11.4. The molecule has 0 aromatic rings. The van der Waals surface area contributed by atoms with Crippen LogP contribution in [0.25, 0.3) is 0 Å². The molecule has 0 rings (SSSR count). The third-order valence-corrected chi connectivity index (χ3v) is 3.25. The molecular formula is C14H24. The van der Waals surface area contributed by atoms with Crippen molar-refractivity contribution in [2.45, 2.75) is 41.0 Å². The third kappa shape index (κ3) is 3.53. The van der Waals surface area contributed by atoms with E-state index >= 15 is 0 Å². The first-order chi connectivity index (χ1) is 6.32. The van der Waals surface area contributed by atoms with Gasteiger partial charge in [-0.3, -0.25) is 0 Å². The summed E-state index contributed by atoms with van der Waals surface area (Å²) in [5.74, 6) is 0.606. The summed E-state index contributed by atoms with van der Waals surface area (Å²) >= 11 is 0. The SMILES string of the molecule is C=C(/C=C\C(=C)C(C)(C)C(C)C)CC. The molecule has 0 heteroatoms. The smallest absolute Gasteiger partial charge is 0.00864 e. The van der Waals surface area contributed by atoms with E-state index in [2.05, 4.69) is 59.9 Å². The summed E-state index contributed by atoms with van der Waals surface area (Å²) in [6, 6.07) is 0. The fourth-order valence-corrected chi connectivity index (χ4v) is 0.922. The van der Waals surface area contributed by atoms with Gasteiger partial charge < -0.3 is 0 Å². The first-order valence-corrected chi connectivity index (χ1v) is 5.37. The van der Waals surface area contributed by atoms with Gasteiger partial charge in [-0.1, -0.05) is 65.5 Å². The van der Waals surface area contributed by atoms with Gasteiger partial charge in [-0.15, -0.1) is 0 Å². The van der Waals surface area contributed by atoms with Gasteiger partial charge in [0.25, 0.3) is 0 Å². The van der Waals surface area contributed by atoms with Gasteiger partial charge in [0.15, 0.2) is 0 Å². The van der Waals surface area contributed by atoms with Crippen LogP contribution in [0.3, 0.4) is 0 Å². The maximum atomic E-state index is 4.13. The van der Waals surface area contributed by atoms with Gasteiger partial charge in [0.1, 0.15) is 0 Å². The zero-order valence-corrected chi connectivity index (χ0v) is 10.4. The zero-order valence-electron chi connectivity index (χ0n) is 10.4. The molecule has 0 amide bonds. The lowest BCUT2D eigenvalue weighted by Gasteiger charge is -2.30. The molecule has 14 heavy (non-hydrogen) atoms. The molecule has 0 aliphatic rings. The number of hydrogen-bond acceptors (Lipinski definition) is 0. The Morgan fingerprint density at radius 1 is 1.21 bits per heavy atom. The molecule has 0 N–H and O–H groups in total. The van der Waals surface area contributed by atoms with Crippen LogP contribution in [0.2, 0.25) is 0 Å². The Balaban J connectivity index is 4.50. The van der Waals surface area contributed by atoms with E-state index in [9.17, 15) is 0 Å². The molecule has 0 atom stereocenters. The van der Waals surface area contributed by atoms with Crippen molar-refractivity contribution < 1.29 is 0 Å².